The Morgan fingerprint density at radius 1 is 1.19 bits per heavy atom. The van der Waals surface area contributed by atoms with E-state index in [0.29, 0.717) is 17.9 Å². The van der Waals surface area contributed by atoms with E-state index in [4.69, 9.17) is 11.6 Å². The van der Waals surface area contributed by atoms with E-state index in [-0.39, 0.29) is 31.3 Å². The highest BCUT2D eigenvalue weighted by atomic mass is 35.5. The van der Waals surface area contributed by atoms with Crippen LogP contribution in [0.3, 0.4) is 0 Å². The molecule has 1 N–H and O–H groups in total. The molecule has 0 unspecified atom stereocenters. The molecule has 0 aromatic heterocycles. The van der Waals surface area contributed by atoms with Gasteiger partial charge in [0, 0.05) is 42.9 Å². The summed E-state index contributed by atoms with van der Waals surface area (Å²) in [5, 5.41) is 3.50. The number of alkyl halides is 3. The molecule has 1 amide bonds. The maximum Gasteiger partial charge on any atom is 0.391 e. The standard InChI is InChI=1S/C19H25ClF3N3O/c20-15-4-2-6-17(12-15)26-9-7-25(8-10-26)13-18(27)24-16-5-1-3-14(11-16)19(21,22)23/h2,4,6,12,14,16H,1,3,5,7-11,13H2,(H,24,27)/t14-,16-/m1/s1. The summed E-state index contributed by atoms with van der Waals surface area (Å²) in [6, 6.07) is 7.31. The average Bonchev–Trinajstić information content (AvgIpc) is 2.62. The Kier molecular flexibility index (Phi) is 6.52. The topological polar surface area (TPSA) is 35.6 Å². The number of halogens is 4. The summed E-state index contributed by atoms with van der Waals surface area (Å²) in [7, 11) is 0. The number of carbonyl (C=O) groups is 1. The van der Waals surface area contributed by atoms with Gasteiger partial charge in [0.15, 0.2) is 0 Å². The molecule has 150 valence electrons. The minimum atomic E-state index is -4.17. The Bertz CT molecular complexity index is 647. The number of nitrogens with one attached hydrogen (secondary N) is 1. The van der Waals surface area contributed by atoms with Crippen LogP contribution in [0.2, 0.25) is 5.02 Å². The first-order valence-electron chi connectivity index (χ1n) is 9.40. The Balaban J connectivity index is 1.43. The van der Waals surface area contributed by atoms with Gasteiger partial charge in [0.1, 0.15) is 0 Å². The van der Waals surface area contributed by atoms with E-state index in [1.165, 1.54) is 0 Å². The highest BCUT2D eigenvalue weighted by Crippen LogP contribution is 2.37. The van der Waals surface area contributed by atoms with Gasteiger partial charge >= 0.3 is 6.18 Å². The van der Waals surface area contributed by atoms with Crippen LogP contribution < -0.4 is 10.2 Å². The summed E-state index contributed by atoms with van der Waals surface area (Å²) < 4.78 is 38.7. The molecular weight excluding hydrogens is 379 g/mol. The summed E-state index contributed by atoms with van der Waals surface area (Å²) in [4.78, 5) is 16.5. The number of nitrogens with zero attached hydrogens (tertiary/aromatic N) is 2. The number of anilines is 1. The third kappa shape index (κ3) is 5.75. The quantitative estimate of drug-likeness (QED) is 0.832. The third-order valence-corrected chi connectivity index (χ3v) is 5.65. The lowest BCUT2D eigenvalue weighted by molar-refractivity contribution is -0.184. The van der Waals surface area contributed by atoms with Crippen LogP contribution in [0.25, 0.3) is 0 Å². The van der Waals surface area contributed by atoms with E-state index in [1.54, 1.807) is 0 Å². The molecule has 1 heterocycles. The van der Waals surface area contributed by atoms with Crippen molar-refractivity contribution in [3.63, 3.8) is 0 Å². The van der Waals surface area contributed by atoms with E-state index < -0.39 is 12.1 Å². The van der Waals surface area contributed by atoms with E-state index in [9.17, 15) is 18.0 Å². The van der Waals surface area contributed by atoms with Crippen molar-refractivity contribution < 1.29 is 18.0 Å². The van der Waals surface area contributed by atoms with Gasteiger partial charge < -0.3 is 10.2 Å². The van der Waals surface area contributed by atoms with E-state index >= 15 is 0 Å². The zero-order chi connectivity index (χ0) is 19.4. The highest BCUT2D eigenvalue weighted by Gasteiger charge is 2.42. The number of hydrogen-bond acceptors (Lipinski definition) is 3. The number of hydrogen-bond donors (Lipinski definition) is 1. The summed E-state index contributed by atoms with van der Waals surface area (Å²) in [6.45, 7) is 3.27. The fraction of sp³-hybridized carbons (Fsp3) is 0.632. The van der Waals surface area contributed by atoms with E-state index in [2.05, 4.69) is 10.2 Å². The lowest BCUT2D eigenvalue weighted by Gasteiger charge is -2.36. The number of piperazine rings is 1. The molecule has 1 aromatic rings. The molecule has 0 bridgehead atoms. The molecule has 1 saturated heterocycles. The normalized spacial score (nSPS) is 24.7. The number of rotatable bonds is 4. The van der Waals surface area contributed by atoms with Crippen molar-refractivity contribution in [3.05, 3.63) is 29.3 Å². The first kappa shape index (κ1) is 20.3. The van der Waals surface area contributed by atoms with Crippen molar-refractivity contribution in [3.8, 4) is 0 Å². The fourth-order valence-electron chi connectivity index (χ4n) is 3.93. The van der Waals surface area contributed by atoms with Gasteiger partial charge in [-0.1, -0.05) is 24.1 Å². The minimum absolute atomic E-state index is 0.00220. The Hall–Kier alpha value is -1.47. The molecule has 1 aliphatic carbocycles. The molecule has 2 aliphatic rings. The van der Waals surface area contributed by atoms with Crippen LogP contribution in [0, 0.1) is 5.92 Å². The Morgan fingerprint density at radius 2 is 1.93 bits per heavy atom. The Labute approximate surface area is 162 Å². The van der Waals surface area contributed by atoms with Crippen molar-refractivity contribution >= 4 is 23.2 Å². The smallest absolute Gasteiger partial charge is 0.369 e. The molecule has 2 atom stereocenters. The van der Waals surface area contributed by atoms with Gasteiger partial charge in [0.25, 0.3) is 0 Å². The lowest BCUT2D eigenvalue weighted by Crippen LogP contribution is -2.51. The number of benzene rings is 1. The molecule has 4 nitrogen and oxygen atoms in total. The molecule has 0 spiro atoms. The summed E-state index contributed by atoms with van der Waals surface area (Å²) in [6.07, 6.45) is -2.87. The van der Waals surface area contributed by atoms with Crippen LogP contribution in [-0.4, -0.2) is 55.7 Å². The largest absolute Gasteiger partial charge is 0.391 e. The third-order valence-electron chi connectivity index (χ3n) is 5.42. The second-order valence-corrected chi connectivity index (χ2v) is 7.85. The van der Waals surface area contributed by atoms with Gasteiger partial charge in [-0.05, 0) is 37.5 Å². The first-order valence-corrected chi connectivity index (χ1v) is 9.78. The number of carbonyl (C=O) groups excluding carboxylic acids is 1. The van der Waals surface area contributed by atoms with Gasteiger partial charge in [-0.15, -0.1) is 0 Å². The molecule has 1 aliphatic heterocycles. The molecule has 1 saturated carbocycles. The molecular formula is C19H25ClF3N3O. The van der Waals surface area contributed by atoms with Crippen LogP contribution in [0.1, 0.15) is 25.7 Å². The first-order chi connectivity index (χ1) is 12.8. The van der Waals surface area contributed by atoms with Crippen molar-refractivity contribution in [1.29, 1.82) is 0 Å². The molecule has 0 radical (unpaired) electrons. The molecule has 27 heavy (non-hydrogen) atoms. The van der Waals surface area contributed by atoms with Gasteiger partial charge in [0.2, 0.25) is 5.91 Å². The van der Waals surface area contributed by atoms with Gasteiger partial charge in [-0.25, -0.2) is 0 Å². The van der Waals surface area contributed by atoms with E-state index in [1.807, 2.05) is 29.2 Å². The van der Waals surface area contributed by atoms with Crippen LogP contribution in [0.4, 0.5) is 18.9 Å². The molecule has 3 rings (SSSR count). The predicted molar refractivity (Wildman–Crippen MR) is 100 cm³/mol. The lowest BCUT2D eigenvalue weighted by atomic mass is 9.85. The monoisotopic (exact) mass is 403 g/mol. The SMILES string of the molecule is O=C(CN1CCN(c2cccc(Cl)c2)CC1)N[C@@H]1CCC[C@@H](C(F)(F)F)C1. The number of amides is 1. The predicted octanol–water partition coefficient (Wildman–Crippen LogP) is 3.70. The summed E-state index contributed by atoms with van der Waals surface area (Å²) >= 11 is 6.03. The van der Waals surface area contributed by atoms with Crippen LogP contribution >= 0.6 is 11.6 Å². The van der Waals surface area contributed by atoms with E-state index in [0.717, 1.165) is 31.9 Å². The minimum Gasteiger partial charge on any atom is -0.369 e. The maximum atomic E-state index is 12.9. The maximum absolute atomic E-state index is 12.9. The summed E-state index contributed by atoms with van der Waals surface area (Å²) in [5.74, 6) is -1.48. The fourth-order valence-corrected chi connectivity index (χ4v) is 4.12. The molecule has 2 fully saturated rings. The van der Waals surface area contributed by atoms with Gasteiger partial charge in [-0.2, -0.15) is 13.2 Å². The summed E-state index contributed by atoms with van der Waals surface area (Å²) in [5.41, 5.74) is 1.06. The van der Waals surface area contributed by atoms with Crippen LogP contribution in [-0.2, 0) is 4.79 Å². The second-order valence-electron chi connectivity index (χ2n) is 7.41. The van der Waals surface area contributed by atoms with Crippen LogP contribution in [0.5, 0.6) is 0 Å². The van der Waals surface area contributed by atoms with Crippen molar-refractivity contribution in [1.82, 2.24) is 10.2 Å². The van der Waals surface area contributed by atoms with Gasteiger partial charge in [0.05, 0.1) is 12.5 Å². The van der Waals surface area contributed by atoms with Crippen molar-refractivity contribution in [2.45, 2.75) is 37.9 Å². The molecule has 1 aromatic carbocycles. The highest BCUT2D eigenvalue weighted by molar-refractivity contribution is 6.30. The van der Waals surface area contributed by atoms with Crippen molar-refractivity contribution in [2.24, 2.45) is 5.92 Å². The molecule has 8 heteroatoms. The van der Waals surface area contributed by atoms with Gasteiger partial charge in [-0.3, -0.25) is 9.69 Å². The van der Waals surface area contributed by atoms with Crippen molar-refractivity contribution in [2.75, 3.05) is 37.6 Å². The average molecular weight is 404 g/mol. The van der Waals surface area contributed by atoms with Crippen LogP contribution in [0.15, 0.2) is 24.3 Å². The second kappa shape index (κ2) is 8.69. The Morgan fingerprint density at radius 3 is 2.59 bits per heavy atom. The zero-order valence-electron chi connectivity index (χ0n) is 15.1. The zero-order valence-corrected chi connectivity index (χ0v) is 15.9.